The van der Waals surface area contributed by atoms with Gasteiger partial charge >= 0.3 is 0 Å². The van der Waals surface area contributed by atoms with E-state index in [-0.39, 0.29) is 6.10 Å². The number of fused-ring (bicyclic) bond motifs is 1. The van der Waals surface area contributed by atoms with Gasteiger partial charge in [0, 0.05) is 31.3 Å². The molecule has 6 nitrogen and oxygen atoms in total. The Hall–Kier alpha value is -1.51. The molecule has 23 heavy (non-hydrogen) atoms. The van der Waals surface area contributed by atoms with Crippen molar-refractivity contribution in [3.63, 3.8) is 0 Å². The summed E-state index contributed by atoms with van der Waals surface area (Å²) in [4.78, 5) is 9.05. The van der Waals surface area contributed by atoms with Gasteiger partial charge < -0.3 is 10.1 Å². The van der Waals surface area contributed by atoms with Crippen LogP contribution in [0.1, 0.15) is 24.6 Å². The summed E-state index contributed by atoms with van der Waals surface area (Å²) >= 11 is 5.17. The Morgan fingerprint density at radius 3 is 3.22 bits per heavy atom. The smallest absolute Gasteiger partial charge is 0.223 e. The molecule has 0 bridgehead atoms. The zero-order valence-electron chi connectivity index (χ0n) is 12.6. The fraction of sp³-hybridized carbons (Fsp3) is 0.400. The maximum atomic E-state index is 5.90. The molecule has 0 saturated carbocycles. The van der Waals surface area contributed by atoms with Crippen LogP contribution in [0.15, 0.2) is 28.3 Å². The van der Waals surface area contributed by atoms with Crippen LogP contribution in [-0.2, 0) is 11.8 Å². The minimum Gasteiger partial charge on any atom is -0.372 e. The molecule has 0 spiro atoms. The molecule has 4 rings (SSSR count). The summed E-state index contributed by atoms with van der Waals surface area (Å²) in [6.45, 7) is 0.720. The molecule has 2 atom stereocenters. The second kappa shape index (κ2) is 6.18. The van der Waals surface area contributed by atoms with Gasteiger partial charge in [-0.05, 0) is 34.8 Å². The zero-order valence-corrected chi connectivity index (χ0v) is 15.0. The Balaban J connectivity index is 1.51. The lowest BCUT2D eigenvalue weighted by Crippen LogP contribution is -2.31. The van der Waals surface area contributed by atoms with Crippen LogP contribution in [0.2, 0.25) is 0 Å². The van der Waals surface area contributed by atoms with Crippen molar-refractivity contribution in [1.82, 2.24) is 19.7 Å². The number of aryl methyl sites for hydroxylation is 1. The quantitative estimate of drug-likeness (QED) is 0.737. The summed E-state index contributed by atoms with van der Waals surface area (Å²) in [5, 5.41) is 9.72. The van der Waals surface area contributed by atoms with Crippen molar-refractivity contribution in [3.8, 4) is 0 Å². The van der Waals surface area contributed by atoms with Crippen molar-refractivity contribution < 1.29 is 4.74 Å². The number of aromatic nitrogens is 4. The maximum Gasteiger partial charge on any atom is 0.223 e. The molecule has 0 aliphatic carbocycles. The van der Waals surface area contributed by atoms with E-state index in [0.717, 1.165) is 39.8 Å². The topological polar surface area (TPSA) is 64.9 Å². The Morgan fingerprint density at radius 1 is 1.48 bits per heavy atom. The summed E-state index contributed by atoms with van der Waals surface area (Å²) in [5.74, 6) is 0.673. The lowest BCUT2D eigenvalue weighted by atomic mass is 10.0. The third-order valence-corrected chi connectivity index (χ3v) is 5.89. The first kappa shape index (κ1) is 15.0. The van der Waals surface area contributed by atoms with Crippen LogP contribution in [0, 0.1) is 0 Å². The molecule has 0 amide bonds. The molecule has 0 radical (unpaired) electrons. The number of anilines is 1. The second-order valence-corrected chi connectivity index (χ2v) is 7.36. The first-order chi connectivity index (χ1) is 11.2. The predicted molar refractivity (Wildman–Crippen MR) is 93.7 cm³/mol. The first-order valence-corrected chi connectivity index (χ1v) is 9.14. The lowest BCUT2D eigenvalue weighted by Gasteiger charge is -2.30. The van der Waals surface area contributed by atoms with Gasteiger partial charge in [0.25, 0.3) is 0 Å². The highest BCUT2D eigenvalue weighted by molar-refractivity contribution is 9.10. The Labute approximate surface area is 146 Å². The van der Waals surface area contributed by atoms with Gasteiger partial charge in [0.05, 0.1) is 21.1 Å². The molecular formula is C15H16BrN5OS. The van der Waals surface area contributed by atoms with Gasteiger partial charge in [0.15, 0.2) is 0 Å². The highest BCUT2D eigenvalue weighted by Gasteiger charge is 2.26. The van der Waals surface area contributed by atoms with Crippen molar-refractivity contribution in [1.29, 1.82) is 0 Å². The molecule has 4 heterocycles. The molecule has 1 fully saturated rings. The summed E-state index contributed by atoms with van der Waals surface area (Å²) < 4.78 is 9.88. The summed E-state index contributed by atoms with van der Waals surface area (Å²) in [6.07, 6.45) is 5.57. The van der Waals surface area contributed by atoms with E-state index < -0.39 is 0 Å². The largest absolute Gasteiger partial charge is 0.372 e. The number of rotatable bonds is 3. The molecule has 2 unspecified atom stereocenters. The standard InChI is InChI=1S/C15H16BrN5OS/c1-21-11(2-4-18-21)12-6-9(3-5-22-12)19-15-17-7-13-14(20-15)10(16)8-23-13/h2,4,7-9,12H,3,5-6H2,1H3,(H,17,19,20). The average Bonchev–Trinajstić information content (AvgIpc) is 3.14. The van der Waals surface area contributed by atoms with Crippen molar-refractivity contribution in [3.05, 3.63) is 34.0 Å². The van der Waals surface area contributed by atoms with E-state index in [1.165, 1.54) is 0 Å². The molecule has 3 aromatic rings. The van der Waals surface area contributed by atoms with Gasteiger partial charge in [0.2, 0.25) is 5.95 Å². The van der Waals surface area contributed by atoms with Crippen molar-refractivity contribution >= 4 is 43.4 Å². The molecule has 1 saturated heterocycles. The maximum absolute atomic E-state index is 5.90. The van der Waals surface area contributed by atoms with Crippen LogP contribution in [-0.4, -0.2) is 32.4 Å². The van der Waals surface area contributed by atoms with Gasteiger partial charge in [-0.15, -0.1) is 11.3 Å². The van der Waals surface area contributed by atoms with Gasteiger partial charge in [-0.1, -0.05) is 0 Å². The van der Waals surface area contributed by atoms with Crippen LogP contribution in [0.4, 0.5) is 5.95 Å². The van der Waals surface area contributed by atoms with E-state index in [4.69, 9.17) is 4.74 Å². The molecule has 120 valence electrons. The molecule has 8 heteroatoms. The Bertz CT molecular complexity index is 832. The van der Waals surface area contributed by atoms with E-state index >= 15 is 0 Å². The van der Waals surface area contributed by atoms with Crippen LogP contribution >= 0.6 is 27.3 Å². The second-order valence-electron chi connectivity index (χ2n) is 5.59. The highest BCUT2D eigenvalue weighted by atomic mass is 79.9. The van der Waals surface area contributed by atoms with Gasteiger partial charge in [-0.2, -0.15) is 5.10 Å². The highest BCUT2D eigenvalue weighted by Crippen LogP contribution is 2.31. The third kappa shape index (κ3) is 2.98. The summed E-state index contributed by atoms with van der Waals surface area (Å²) in [7, 11) is 1.95. The number of nitrogens with one attached hydrogen (secondary N) is 1. The van der Waals surface area contributed by atoms with Crippen molar-refractivity contribution in [2.75, 3.05) is 11.9 Å². The predicted octanol–water partition coefficient (Wildman–Crippen LogP) is 3.52. The van der Waals surface area contributed by atoms with Crippen LogP contribution in [0.3, 0.4) is 0 Å². The average molecular weight is 394 g/mol. The third-order valence-electron chi connectivity index (χ3n) is 4.08. The number of hydrogen-bond donors (Lipinski definition) is 1. The minimum absolute atomic E-state index is 0.0605. The number of halogens is 1. The SMILES string of the molecule is Cn1nccc1C1CC(Nc2ncc3scc(Br)c3n2)CCO1. The molecule has 0 aromatic carbocycles. The van der Waals surface area contributed by atoms with E-state index in [1.54, 1.807) is 17.5 Å². The van der Waals surface area contributed by atoms with Crippen molar-refractivity contribution in [2.24, 2.45) is 7.05 Å². The lowest BCUT2D eigenvalue weighted by molar-refractivity contribution is 0.00493. The van der Waals surface area contributed by atoms with Crippen LogP contribution in [0.25, 0.3) is 10.2 Å². The molecule has 3 aromatic heterocycles. The Kier molecular flexibility index (Phi) is 4.04. The van der Waals surface area contributed by atoms with Crippen LogP contribution < -0.4 is 5.32 Å². The van der Waals surface area contributed by atoms with Crippen LogP contribution in [0.5, 0.6) is 0 Å². The molecular weight excluding hydrogens is 378 g/mol. The number of nitrogens with zero attached hydrogens (tertiary/aromatic N) is 4. The monoisotopic (exact) mass is 393 g/mol. The van der Waals surface area contributed by atoms with E-state index in [0.29, 0.717) is 12.0 Å². The van der Waals surface area contributed by atoms with E-state index in [2.05, 4.69) is 36.3 Å². The number of ether oxygens (including phenoxy) is 1. The fourth-order valence-corrected chi connectivity index (χ4v) is 4.32. The zero-order chi connectivity index (χ0) is 15.8. The summed E-state index contributed by atoms with van der Waals surface area (Å²) in [6, 6.07) is 2.30. The van der Waals surface area contributed by atoms with Gasteiger partial charge in [-0.3, -0.25) is 4.68 Å². The minimum atomic E-state index is 0.0605. The number of hydrogen-bond acceptors (Lipinski definition) is 6. The molecule has 1 N–H and O–H groups in total. The molecule has 1 aliphatic rings. The van der Waals surface area contributed by atoms with Gasteiger partial charge in [0.1, 0.15) is 11.6 Å². The Morgan fingerprint density at radius 2 is 2.39 bits per heavy atom. The van der Waals surface area contributed by atoms with Crippen molar-refractivity contribution in [2.45, 2.75) is 25.0 Å². The van der Waals surface area contributed by atoms with Gasteiger partial charge in [-0.25, -0.2) is 9.97 Å². The molecule has 1 aliphatic heterocycles. The fourth-order valence-electron chi connectivity index (χ4n) is 2.89. The number of thiophene rings is 1. The summed E-state index contributed by atoms with van der Waals surface area (Å²) in [5.41, 5.74) is 2.07. The van der Waals surface area contributed by atoms with E-state index in [9.17, 15) is 0 Å². The van der Waals surface area contributed by atoms with E-state index in [1.807, 2.05) is 29.4 Å². The first-order valence-electron chi connectivity index (χ1n) is 7.46. The normalized spacial score (nSPS) is 21.7.